The van der Waals surface area contributed by atoms with Gasteiger partial charge in [-0.05, 0) is 36.7 Å². The van der Waals surface area contributed by atoms with Gasteiger partial charge in [-0.15, -0.1) is 0 Å². The zero-order valence-corrected chi connectivity index (χ0v) is 9.80. The maximum Gasteiger partial charge on any atom is 0.158 e. The monoisotopic (exact) mass is 206 g/mol. The van der Waals surface area contributed by atoms with Crippen molar-refractivity contribution < 1.29 is 4.79 Å². The van der Waals surface area contributed by atoms with E-state index >= 15 is 0 Å². The fourth-order valence-electron chi connectivity index (χ4n) is 2.83. The smallest absolute Gasteiger partial charge is 0.158 e. The molecular formula is C14H22O. The fraction of sp³-hybridized carbons (Fsp3) is 0.786. The molecule has 0 aliphatic heterocycles. The van der Waals surface area contributed by atoms with Gasteiger partial charge >= 0.3 is 0 Å². The molecule has 1 fully saturated rings. The van der Waals surface area contributed by atoms with E-state index in [1.807, 2.05) is 0 Å². The highest BCUT2D eigenvalue weighted by molar-refractivity contribution is 5.95. The first kappa shape index (κ1) is 10.9. The number of carbonyl (C=O) groups excluding carboxylic acids is 1. The van der Waals surface area contributed by atoms with Gasteiger partial charge in [0.1, 0.15) is 0 Å². The Morgan fingerprint density at radius 1 is 1.33 bits per heavy atom. The van der Waals surface area contributed by atoms with E-state index in [0.29, 0.717) is 11.7 Å². The van der Waals surface area contributed by atoms with Gasteiger partial charge in [0.15, 0.2) is 5.78 Å². The number of rotatable bonds is 3. The van der Waals surface area contributed by atoms with Crippen molar-refractivity contribution in [2.24, 2.45) is 11.8 Å². The Bertz CT molecular complexity index is 259. The Morgan fingerprint density at radius 2 is 2.07 bits per heavy atom. The second-order valence-corrected chi connectivity index (χ2v) is 5.39. The van der Waals surface area contributed by atoms with Crippen molar-refractivity contribution in [3.8, 4) is 0 Å². The molecule has 0 aromatic carbocycles. The highest BCUT2D eigenvalue weighted by atomic mass is 16.1. The minimum atomic E-state index is 0.453. The van der Waals surface area contributed by atoms with Gasteiger partial charge in [0.05, 0.1) is 0 Å². The molecule has 0 saturated heterocycles. The van der Waals surface area contributed by atoms with Crippen LogP contribution in [0.1, 0.15) is 58.3 Å². The van der Waals surface area contributed by atoms with Crippen LogP contribution in [0, 0.1) is 11.8 Å². The van der Waals surface area contributed by atoms with Gasteiger partial charge in [0.25, 0.3) is 0 Å². The lowest BCUT2D eigenvalue weighted by Crippen LogP contribution is -2.12. The molecule has 2 aliphatic rings. The Morgan fingerprint density at radius 3 is 2.67 bits per heavy atom. The molecule has 0 N–H and O–H groups in total. The predicted molar refractivity (Wildman–Crippen MR) is 62.7 cm³/mol. The molecule has 1 saturated carbocycles. The number of hydrogen-bond donors (Lipinski definition) is 0. The SMILES string of the molecule is CC1CC=C(C(=O)CC2CCCC2)CC1. The minimum absolute atomic E-state index is 0.453. The maximum atomic E-state index is 12.0. The van der Waals surface area contributed by atoms with E-state index in [9.17, 15) is 4.79 Å². The van der Waals surface area contributed by atoms with Crippen LogP contribution in [-0.2, 0) is 4.79 Å². The molecule has 0 aromatic rings. The summed E-state index contributed by atoms with van der Waals surface area (Å²) in [6, 6.07) is 0. The van der Waals surface area contributed by atoms with E-state index in [2.05, 4.69) is 13.0 Å². The molecule has 1 heteroatoms. The molecule has 84 valence electrons. The van der Waals surface area contributed by atoms with Gasteiger partial charge in [-0.25, -0.2) is 0 Å². The molecule has 2 aliphatic carbocycles. The van der Waals surface area contributed by atoms with E-state index in [0.717, 1.165) is 30.8 Å². The van der Waals surface area contributed by atoms with Crippen LogP contribution in [0.25, 0.3) is 0 Å². The molecule has 0 aromatic heterocycles. The number of allylic oxidation sites excluding steroid dienone is 2. The van der Waals surface area contributed by atoms with Gasteiger partial charge in [-0.2, -0.15) is 0 Å². The lowest BCUT2D eigenvalue weighted by Gasteiger charge is -2.18. The normalized spacial score (nSPS) is 27.8. The summed E-state index contributed by atoms with van der Waals surface area (Å²) in [6.07, 6.45) is 11.7. The average molecular weight is 206 g/mol. The van der Waals surface area contributed by atoms with Gasteiger partial charge in [-0.3, -0.25) is 4.79 Å². The lowest BCUT2D eigenvalue weighted by atomic mass is 9.86. The van der Waals surface area contributed by atoms with E-state index in [-0.39, 0.29) is 0 Å². The molecule has 0 heterocycles. The largest absolute Gasteiger partial charge is 0.295 e. The molecule has 0 spiro atoms. The molecule has 1 unspecified atom stereocenters. The Balaban J connectivity index is 1.85. The van der Waals surface area contributed by atoms with Crippen molar-refractivity contribution in [1.29, 1.82) is 0 Å². The number of ketones is 1. The highest BCUT2D eigenvalue weighted by Gasteiger charge is 2.22. The Labute approximate surface area is 92.9 Å². The summed E-state index contributed by atoms with van der Waals surface area (Å²) in [5.41, 5.74) is 1.14. The highest BCUT2D eigenvalue weighted by Crippen LogP contribution is 2.31. The zero-order chi connectivity index (χ0) is 10.7. The van der Waals surface area contributed by atoms with Crippen molar-refractivity contribution >= 4 is 5.78 Å². The van der Waals surface area contributed by atoms with Crippen molar-refractivity contribution in [2.75, 3.05) is 0 Å². The third-order valence-electron chi connectivity index (χ3n) is 3.98. The molecule has 0 bridgehead atoms. The molecule has 2 rings (SSSR count). The van der Waals surface area contributed by atoms with E-state index < -0.39 is 0 Å². The van der Waals surface area contributed by atoms with Gasteiger partial charge < -0.3 is 0 Å². The first-order chi connectivity index (χ1) is 7.25. The van der Waals surface area contributed by atoms with Crippen molar-refractivity contribution in [1.82, 2.24) is 0 Å². The Kier molecular flexibility index (Phi) is 3.61. The summed E-state index contributed by atoms with van der Waals surface area (Å²) in [5, 5.41) is 0. The third kappa shape index (κ3) is 2.93. The van der Waals surface area contributed by atoms with Crippen LogP contribution >= 0.6 is 0 Å². The fourth-order valence-corrected chi connectivity index (χ4v) is 2.83. The maximum absolute atomic E-state index is 12.0. The van der Waals surface area contributed by atoms with Crippen molar-refractivity contribution in [3.63, 3.8) is 0 Å². The van der Waals surface area contributed by atoms with Crippen LogP contribution in [0.15, 0.2) is 11.6 Å². The van der Waals surface area contributed by atoms with Gasteiger partial charge in [0.2, 0.25) is 0 Å². The number of Topliss-reactive ketones (excluding diaryl/α,β-unsaturated/α-hetero) is 1. The summed E-state index contributed by atoms with van der Waals surface area (Å²) in [7, 11) is 0. The zero-order valence-electron chi connectivity index (χ0n) is 9.80. The van der Waals surface area contributed by atoms with E-state index in [1.165, 1.54) is 32.1 Å². The second-order valence-electron chi connectivity index (χ2n) is 5.39. The standard InChI is InChI=1S/C14H22O/c1-11-6-8-13(9-7-11)14(15)10-12-4-2-3-5-12/h8,11-12H,2-7,9-10H2,1H3. The van der Waals surface area contributed by atoms with Crippen LogP contribution < -0.4 is 0 Å². The summed E-state index contributed by atoms with van der Waals surface area (Å²) >= 11 is 0. The average Bonchev–Trinajstić information content (AvgIpc) is 2.71. The molecule has 0 amide bonds. The predicted octanol–water partition coefficient (Wildman–Crippen LogP) is 3.88. The van der Waals surface area contributed by atoms with Crippen molar-refractivity contribution in [2.45, 2.75) is 58.3 Å². The van der Waals surface area contributed by atoms with Gasteiger partial charge in [0, 0.05) is 6.42 Å². The van der Waals surface area contributed by atoms with Crippen LogP contribution in [0.3, 0.4) is 0 Å². The summed E-state index contributed by atoms with van der Waals surface area (Å²) in [6.45, 7) is 2.27. The van der Waals surface area contributed by atoms with E-state index in [4.69, 9.17) is 0 Å². The van der Waals surface area contributed by atoms with Crippen LogP contribution in [-0.4, -0.2) is 5.78 Å². The molecule has 0 radical (unpaired) electrons. The molecule has 15 heavy (non-hydrogen) atoms. The second kappa shape index (κ2) is 4.96. The lowest BCUT2D eigenvalue weighted by molar-refractivity contribution is -0.116. The van der Waals surface area contributed by atoms with Crippen LogP contribution in [0.5, 0.6) is 0 Å². The Hall–Kier alpha value is -0.590. The number of hydrogen-bond acceptors (Lipinski definition) is 1. The first-order valence-electron chi connectivity index (χ1n) is 6.48. The number of carbonyl (C=O) groups is 1. The van der Waals surface area contributed by atoms with E-state index in [1.54, 1.807) is 0 Å². The van der Waals surface area contributed by atoms with Crippen LogP contribution in [0.4, 0.5) is 0 Å². The first-order valence-corrected chi connectivity index (χ1v) is 6.48. The van der Waals surface area contributed by atoms with Crippen molar-refractivity contribution in [3.05, 3.63) is 11.6 Å². The summed E-state index contributed by atoms with van der Waals surface area (Å²) in [5.74, 6) is 1.94. The quantitative estimate of drug-likeness (QED) is 0.685. The molecular weight excluding hydrogens is 184 g/mol. The van der Waals surface area contributed by atoms with Crippen LogP contribution in [0.2, 0.25) is 0 Å². The third-order valence-corrected chi connectivity index (χ3v) is 3.98. The summed E-state index contributed by atoms with van der Waals surface area (Å²) < 4.78 is 0. The summed E-state index contributed by atoms with van der Waals surface area (Å²) in [4.78, 5) is 12.0. The topological polar surface area (TPSA) is 17.1 Å². The molecule has 1 atom stereocenters. The molecule has 1 nitrogen and oxygen atoms in total. The minimum Gasteiger partial charge on any atom is -0.295 e. The van der Waals surface area contributed by atoms with Gasteiger partial charge in [-0.1, -0.05) is 38.7 Å².